The molecule has 2 saturated heterocycles. The molecule has 1 aliphatic carbocycles. The van der Waals surface area contributed by atoms with Crippen LogP contribution in [0.15, 0.2) is 29.8 Å². The number of benzene rings is 1. The molecule has 1 aromatic carbocycles. The van der Waals surface area contributed by atoms with Crippen molar-refractivity contribution in [2.75, 3.05) is 0 Å². The normalized spacial score (nSPS) is 27.5. The minimum Gasteiger partial charge on any atom is -0.373 e. The molecule has 36 heavy (non-hydrogen) atoms. The number of fused-ring (bicyclic) bond motifs is 5. The van der Waals surface area contributed by atoms with Gasteiger partial charge >= 0.3 is 12.4 Å². The molecule has 0 radical (unpaired) electrons. The molecular weight excluding hydrogens is 484 g/mol. The monoisotopic (exact) mass is 511 g/mol. The molecule has 0 saturated carbocycles. The lowest BCUT2D eigenvalue weighted by Gasteiger charge is -2.29. The first-order valence-electron chi connectivity index (χ1n) is 11.3. The number of ether oxygens (including phenoxy) is 1. The quantitative estimate of drug-likeness (QED) is 0.400. The average Bonchev–Trinajstić information content (AvgIpc) is 3.39. The molecule has 1 aromatic heterocycles. The Morgan fingerprint density at radius 3 is 1.89 bits per heavy atom. The van der Waals surface area contributed by atoms with Crippen LogP contribution in [-0.4, -0.2) is 23.0 Å². The summed E-state index contributed by atoms with van der Waals surface area (Å²) in [7, 11) is 0. The number of hydrogen-bond acceptors (Lipinski definition) is 3. The van der Waals surface area contributed by atoms with E-state index in [4.69, 9.17) is 4.74 Å². The zero-order chi connectivity index (χ0) is 25.6. The SMILES string of the molecule is C.CC1=C(c2c(C)cc(C)cc2C)C(=O)[C@H]2C3CC(c4cc(C(F)(F)F)nc(C(F)(F)F)c4)C(O3)[C@@H]12. The number of allylic oxidation sites excluding steroid dienone is 1. The fourth-order valence-electron chi connectivity index (χ4n) is 6.39. The first kappa shape index (κ1) is 26.4. The van der Waals surface area contributed by atoms with Gasteiger partial charge in [-0.15, -0.1) is 0 Å². The Balaban J connectivity index is 0.00000304. The first-order chi connectivity index (χ1) is 16.2. The molecule has 2 bridgehead atoms. The Hall–Kier alpha value is -2.68. The maximum Gasteiger partial charge on any atom is 0.433 e. The number of ketones is 1. The van der Waals surface area contributed by atoms with E-state index in [0.29, 0.717) is 17.7 Å². The number of alkyl halides is 6. The van der Waals surface area contributed by atoms with Crippen LogP contribution in [0, 0.1) is 32.6 Å². The third kappa shape index (κ3) is 3.96. The highest BCUT2D eigenvalue weighted by Crippen LogP contribution is 2.59. The van der Waals surface area contributed by atoms with Crippen molar-refractivity contribution in [2.45, 2.75) is 72.0 Å². The lowest BCUT2D eigenvalue weighted by molar-refractivity contribution is -0.150. The molecule has 3 nitrogen and oxygen atoms in total. The Bertz CT molecular complexity index is 1220. The Labute approximate surface area is 205 Å². The molecule has 5 atom stereocenters. The minimum atomic E-state index is -5.02. The van der Waals surface area contributed by atoms with Crippen molar-refractivity contribution in [3.63, 3.8) is 0 Å². The van der Waals surface area contributed by atoms with Crippen molar-refractivity contribution < 1.29 is 35.9 Å². The van der Waals surface area contributed by atoms with Gasteiger partial charge in [-0.3, -0.25) is 4.79 Å². The molecule has 0 amide bonds. The van der Waals surface area contributed by atoms with Gasteiger partial charge in [0.15, 0.2) is 5.78 Å². The average molecular weight is 512 g/mol. The van der Waals surface area contributed by atoms with Crippen LogP contribution in [0.2, 0.25) is 0 Å². The van der Waals surface area contributed by atoms with E-state index in [1.165, 1.54) is 0 Å². The summed E-state index contributed by atoms with van der Waals surface area (Å²) in [6.07, 6.45) is -11.1. The molecule has 2 aliphatic heterocycles. The van der Waals surface area contributed by atoms with Crippen LogP contribution in [-0.2, 0) is 21.9 Å². The number of aryl methyl sites for hydroxylation is 3. The molecule has 0 spiro atoms. The summed E-state index contributed by atoms with van der Waals surface area (Å²) < 4.78 is 86.2. The summed E-state index contributed by atoms with van der Waals surface area (Å²) in [6.45, 7) is 7.65. The predicted octanol–water partition coefficient (Wildman–Crippen LogP) is 7.22. The van der Waals surface area contributed by atoms with Crippen LogP contribution < -0.4 is 0 Å². The molecule has 9 heteroatoms. The summed E-state index contributed by atoms with van der Waals surface area (Å²) in [5.41, 5.74) is 1.94. The topological polar surface area (TPSA) is 39.2 Å². The van der Waals surface area contributed by atoms with Crippen LogP contribution >= 0.6 is 0 Å². The molecule has 3 aliphatic rings. The maximum atomic E-state index is 13.5. The van der Waals surface area contributed by atoms with Crippen molar-refractivity contribution in [3.8, 4) is 0 Å². The van der Waals surface area contributed by atoms with Crippen molar-refractivity contribution in [2.24, 2.45) is 11.8 Å². The van der Waals surface area contributed by atoms with E-state index in [0.717, 1.165) is 27.8 Å². The zero-order valence-electron chi connectivity index (χ0n) is 19.4. The van der Waals surface area contributed by atoms with E-state index in [1.54, 1.807) is 0 Å². The summed E-state index contributed by atoms with van der Waals surface area (Å²) in [5.74, 6) is -1.63. The third-order valence-corrected chi connectivity index (χ3v) is 7.58. The van der Waals surface area contributed by atoms with Gasteiger partial charge in [-0.25, -0.2) is 4.98 Å². The van der Waals surface area contributed by atoms with Gasteiger partial charge < -0.3 is 4.74 Å². The van der Waals surface area contributed by atoms with Crippen LogP contribution in [0.1, 0.15) is 65.9 Å². The van der Waals surface area contributed by atoms with Crippen LogP contribution in [0.3, 0.4) is 0 Å². The number of hydrogen-bond donors (Lipinski definition) is 0. The Kier molecular flexibility index (Phi) is 6.18. The minimum absolute atomic E-state index is 0. The predicted molar refractivity (Wildman–Crippen MR) is 122 cm³/mol. The van der Waals surface area contributed by atoms with E-state index in [1.807, 2.05) is 39.8 Å². The van der Waals surface area contributed by atoms with Gasteiger partial charge in [0.1, 0.15) is 11.4 Å². The molecule has 194 valence electrons. The Morgan fingerprint density at radius 1 is 0.861 bits per heavy atom. The molecule has 2 aromatic rings. The van der Waals surface area contributed by atoms with Gasteiger partial charge in [-0.05, 0) is 68.5 Å². The fourth-order valence-corrected chi connectivity index (χ4v) is 6.39. The number of nitrogens with zero attached hydrogens (tertiary/aromatic N) is 1. The molecule has 2 fully saturated rings. The highest BCUT2D eigenvalue weighted by atomic mass is 19.4. The largest absolute Gasteiger partial charge is 0.433 e. The number of Topliss-reactive ketones (excluding diaryl/α,β-unsaturated/α-hetero) is 1. The second-order valence-electron chi connectivity index (χ2n) is 9.90. The zero-order valence-corrected chi connectivity index (χ0v) is 19.4. The van der Waals surface area contributed by atoms with E-state index in [2.05, 4.69) is 4.98 Å². The van der Waals surface area contributed by atoms with Gasteiger partial charge in [-0.1, -0.05) is 30.7 Å². The van der Waals surface area contributed by atoms with Crippen molar-refractivity contribution in [1.29, 1.82) is 0 Å². The van der Waals surface area contributed by atoms with Gasteiger partial charge in [-0.2, -0.15) is 26.3 Å². The Morgan fingerprint density at radius 2 is 1.39 bits per heavy atom. The van der Waals surface area contributed by atoms with Crippen LogP contribution in [0.5, 0.6) is 0 Å². The van der Waals surface area contributed by atoms with Crippen molar-refractivity contribution in [1.82, 2.24) is 4.98 Å². The number of carbonyl (C=O) groups is 1. The number of pyridine rings is 1. The third-order valence-electron chi connectivity index (χ3n) is 7.58. The maximum absolute atomic E-state index is 13.5. The van der Waals surface area contributed by atoms with E-state index < -0.39 is 53.7 Å². The highest BCUT2D eigenvalue weighted by molar-refractivity contribution is 6.26. The number of halogens is 6. The summed E-state index contributed by atoms with van der Waals surface area (Å²) >= 11 is 0. The molecule has 3 unspecified atom stereocenters. The fraction of sp³-hybridized carbons (Fsp3) is 0.481. The van der Waals surface area contributed by atoms with Gasteiger partial charge in [0.2, 0.25) is 0 Å². The van der Waals surface area contributed by atoms with E-state index >= 15 is 0 Å². The van der Waals surface area contributed by atoms with Gasteiger partial charge in [0.05, 0.1) is 18.1 Å². The number of aromatic nitrogens is 1. The molecule has 3 heterocycles. The van der Waals surface area contributed by atoms with Crippen LogP contribution in [0.4, 0.5) is 26.3 Å². The number of rotatable bonds is 2. The standard InChI is InChI=1S/C26H23F6NO2.CH4/c1-10-5-11(2)19(12(3)6-10)20-13(4)21-22(23(20)34)16-9-15(24(21)35-16)14-7-17(25(27,28)29)33-18(8-14)26(30,31)32;/h5-8,15-16,21-22,24H,9H2,1-4H3;1H4/t15?,16?,21-,22-,24?;/m0./s1. The summed E-state index contributed by atoms with van der Waals surface area (Å²) in [5, 5.41) is 0. The van der Waals surface area contributed by atoms with E-state index in [-0.39, 0.29) is 25.2 Å². The second kappa shape index (κ2) is 8.43. The van der Waals surface area contributed by atoms with E-state index in [9.17, 15) is 31.1 Å². The molecule has 5 rings (SSSR count). The molecule has 0 N–H and O–H groups in total. The van der Waals surface area contributed by atoms with Crippen molar-refractivity contribution >= 4 is 11.4 Å². The number of carbonyl (C=O) groups excluding carboxylic acids is 1. The molecular formula is C27H27F6NO2. The van der Waals surface area contributed by atoms with Crippen molar-refractivity contribution in [3.05, 3.63) is 69.0 Å². The highest BCUT2D eigenvalue weighted by Gasteiger charge is 2.61. The lowest BCUT2D eigenvalue weighted by atomic mass is 9.71. The second-order valence-corrected chi connectivity index (χ2v) is 9.90. The first-order valence-corrected chi connectivity index (χ1v) is 11.3. The summed E-state index contributed by atoms with van der Waals surface area (Å²) in [4.78, 5) is 16.4. The van der Waals surface area contributed by atoms with Gasteiger partial charge in [0.25, 0.3) is 0 Å². The van der Waals surface area contributed by atoms with Crippen LogP contribution in [0.25, 0.3) is 5.57 Å². The lowest BCUT2D eigenvalue weighted by Crippen LogP contribution is -2.33. The van der Waals surface area contributed by atoms with Gasteiger partial charge in [0, 0.05) is 17.4 Å². The summed E-state index contributed by atoms with van der Waals surface area (Å²) in [6, 6.07) is 5.35. The smallest absolute Gasteiger partial charge is 0.373 e.